The third kappa shape index (κ3) is 4.53. The Balaban J connectivity index is 1.35. The van der Waals surface area contributed by atoms with E-state index in [0.717, 1.165) is 37.5 Å². The van der Waals surface area contributed by atoms with E-state index in [9.17, 15) is 13.2 Å². The number of hydrogen-bond donors (Lipinski definition) is 0. The Labute approximate surface area is 169 Å². The molecule has 2 fully saturated rings. The molecule has 3 atom stereocenters. The first-order chi connectivity index (χ1) is 13.8. The fourth-order valence-electron chi connectivity index (χ4n) is 4.84. The second-order valence-corrected chi connectivity index (χ2v) is 8.24. The van der Waals surface area contributed by atoms with E-state index in [1.807, 2.05) is 30.3 Å². The molecule has 0 aliphatic carbocycles. The molecule has 4 rings (SSSR count). The molecule has 0 aromatic heterocycles. The smallest absolute Gasteiger partial charge is 0.419 e. The van der Waals surface area contributed by atoms with Gasteiger partial charge in [0, 0.05) is 31.5 Å². The van der Waals surface area contributed by atoms with Gasteiger partial charge in [0.15, 0.2) is 0 Å². The van der Waals surface area contributed by atoms with Gasteiger partial charge in [-0.2, -0.15) is 13.2 Å². The lowest BCUT2D eigenvalue weighted by atomic mass is 9.87. The van der Waals surface area contributed by atoms with Crippen LogP contribution in [0.4, 0.5) is 13.2 Å². The molecule has 0 unspecified atom stereocenters. The monoisotopic (exact) mass is 405 g/mol. The van der Waals surface area contributed by atoms with Crippen molar-refractivity contribution in [2.75, 3.05) is 13.2 Å². The van der Waals surface area contributed by atoms with Crippen molar-refractivity contribution in [3.8, 4) is 11.5 Å². The summed E-state index contributed by atoms with van der Waals surface area (Å²) in [6.45, 7) is 3.04. The van der Waals surface area contributed by atoms with E-state index in [1.54, 1.807) is 6.07 Å². The highest BCUT2D eigenvalue weighted by Crippen LogP contribution is 2.42. The molecule has 0 spiro atoms. The number of para-hydroxylation sites is 2. The van der Waals surface area contributed by atoms with Crippen molar-refractivity contribution in [3.05, 3.63) is 60.2 Å². The van der Waals surface area contributed by atoms with Crippen LogP contribution in [0.2, 0.25) is 0 Å². The summed E-state index contributed by atoms with van der Waals surface area (Å²) < 4.78 is 51.2. The van der Waals surface area contributed by atoms with Gasteiger partial charge in [0.05, 0.1) is 5.56 Å². The molecule has 2 aromatic rings. The van der Waals surface area contributed by atoms with E-state index in [-0.39, 0.29) is 18.0 Å². The van der Waals surface area contributed by atoms with Crippen molar-refractivity contribution in [1.29, 1.82) is 0 Å². The fourth-order valence-corrected chi connectivity index (χ4v) is 4.84. The van der Waals surface area contributed by atoms with Crippen LogP contribution in [-0.2, 0) is 6.18 Å². The van der Waals surface area contributed by atoms with E-state index >= 15 is 0 Å². The molecule has 0 radical (unpaired) electrons. The number of halogens is 3. The maximum absolute atomic E-state index is 13.1. The van der Waals surface area contributed by atoms with Crippen molar-refractivity contribution in [3.63, 3.8) is 0 Å². The summed E-state index contributed by atoms with van der Waals surface area (Å²) in [4.78, 5) is 2.40. The van der Waals surface area contributed by atoms with Crippen LogP contribution in [0, 0.1) is 0 Å². The molecule has 2 bridgehead atoms. The summed E-state index contributed by atoms with van der Waals surface area (Å²) in [6.07, 6.45) is -0.387. The Hall–Kier alpha value is -2.21. The number of rotatable bonds is 6. The predicted octanol–water partition coefficient (Wildman–Crippen LogP) is 5.55. The first-order valence-electron chi connectivity index (χ1n) is 10.1. The zero-order chi connectivity index (χ0) is 20.5. The number of fused-ring (bicyclic) bond motifs is 2. The van der Waals surface area contributed by atoms with E-state index in [4.69, 9.17) is 9.47 Å². The predicted molar refractivity (Wildman–Crippen MR) is 105 cm³/mol. The molecule has 6 heteroatoms. The Kier molecular flexibility index (Phi) is 5.47. The van der Waals surface area contributed by atoms with Crippen LogP contribution in [0.25, 0.3) is 0 Å². The number of alkyl halides is 3. The van der Waals surface area contributed by atoms with Gasteiger partial charge in [-0.15, -0.1) is 0 Å². The Morgan fingerprint density at radius 3 is 2.24 bits per heavy atom. The molecule has 2 aliphatic heterocycles. The van der Waals surface area contributed by atoms with Crippen LogP contribution in [0.3, 0.4) is 0 Å². The van der Waals surface area contributed by atoms with Crippen molar-refractivity contribution < 1.29 is 22.6 Å². The second-order valence-electron chi connectivity index (χ2n) is 8.24. The zero-order valence-corrected chi connectivity index (χ0v) is 16.5. The van der Waals surface area contributed by atoms with Gasteiger partial charge in [0.2, 0.25) is 0 Å². The Morgan fingerprint density at radius 2 is 1.59 bits per heavy atom. The van der Waals surface area contributed by atoms with Gasteiger partial charge < -0.3 is 9.47 Å². The topological polar surface area (TPSA) is 21.7 Å². The normalized spacial score (nSPS) is 27.0. The van der Waals surface area contributed by atoms with Crippen molar-refractivity contribution in [2.45, 2.75) is 56.5 Å². The third-order valence-corrected chi connectivity index (χ3v) is 6.01. The fraction of sp³-hybridized carbons (Fsp3) is 0.478. The summed E-state index contributed by atoms with van der Waals surface area (Å²) >= 11 is 0. The third-order valence-electron chi connectivity index (χ3n) is 6.01. The van der Waals surface area contributed by atoms with Crippen LogP contribution in [-0.4, -0.2) is 35.7 Å². The molecule has 3 nitrogen and oxygen atoms in total. The van der Waals surface area contributed by atoms with Gasteiger partial charge in [-0.3, -0.25) is 4.90 Å². The lowest BCUT2D eigenvalue weighted by Gasteiger charge is -2.44. The van der Waals surface area contributed by atoms with Gasteiger partial charge in [-0.1, -0.05) is 30.3 Å². The van der Waals surface area contributed by atoms with Gasteiger partial charge in [-0.05, 0) is 44.0 Å². The number of ether oxygens (including phenoxy) is 2. The summed E-state index contributed by atoms with van der Waals surface area (Å²) in [7, 11) is 0. The quantitative estimate of drug-likeness (QED) is 0.629. The van der Waals surface area contributed by atoms with Crippen LogP contribution >= 0.6 is 0 Å². The highest BCUT2D eigenvalue weighted by atomic mass is 19.4. The summed E-state index contributed by atoms with van der Waals surface area (Å²) in [5, 5.41) is 0. The molecule has 29 heavy (non-hydrogen) atoms. The molecule has 0 amide bonds. The molecular formula is C23H26F3NO2. The average molecular weight is 405 g/mol. The van der Waals surface area contributed by atoms with Crippen LogP contribution in [0.5, 0.6) is 11.5 Å². The summed E-state index contributed by atoms with van der Waals surface area (Å²) in [6, 6.07) is 16.0. The molecule has 156 valence electrons. The van der Waals surface area contributed by atoms with Gasteiger partial charge >= 0.3 is 6.18 Å². The van der Waals surface area contributed by atoms with E-state index in [2.05, 4.69) is 11.8 Å². The lowest BCUT2D eigenvalue weighted by molar-refractivity contribution is -0.139. The average Bonchev–Trinajstić information content (AvgIpc) is 2.93. The summed E-state index contributed by atoms with van der Waals surface area (Å²) in [5.74, 6) is 0.788. The largest absolute Gasteiger partial charge is 0.492 e. The number of nitrogens with zero attached hydrogens (tertiary/aromatic N) is 1. The van der Waals surface area contributed by atoms with Crippen LogP contribution in [0.15, 0.2) is 54.6 Å². The van der Waals surface area contributed by atoms with Gasteiger partial charge in [0.25, 0.3) is 0 Å². The molecule has 2 aliphatic rings. The first-order valence-corrected chi connectivity index (χ1v) is 10.1. The van der Waals surface area contributed by atoms with Gasteiger partial charge in [0.1, 0.15) is 23.7 Å². The zero-order valence-electron chi connectivity index (χ0n) is 16.5. The lowest BCUT2D eigenvalue weighted by Crippen LogP contribution is -2.53. The van der Waals surface area contributed by atoms with Crippen molar-refractivity contribution in [2.24, 2.45) is 0 Å². The molecule has 2 aromatic carbocycles. The van der Waals surface area contributed by atoms with Crippen LogP contribution < -0.4 is 9.47 Å². The van der Waals surface area contributed by atoms with Crippen molar-refractivity contribution in [1.82, 2.24) is 4.90 Å². The SMILES string of the molecule is C[C@@]1(Oc2ccccc2)C[C@H]2CC[C@@H](C1)N2CCOc1ccccc1C(F)(F)F. The minimum Gasteiger partial charge on any atom is -0.492 e. The highest BCUT2D eigenvalue weighted by molar-refractivity contribution is 5.35. The molecule has 2 saturated heterocycles. The van der Waals surface area contributed by atoms with Crippen LogP contribution in [0.1, 0.15) is 38.2 Å². The summed E-state index contributed by atoms with van der Waals surface area (Å²) in [5.41, 5.74) is -0.932. The molecular weight excluding hydrogens is 379 g/mol. The highest BCUT2D eigenvalue weighted by Gasteiger charge is 2.47. The number of piperidine rings is 1. The molecule has 2 heterocycles. The van der Waals surface area contributed by atoms with E-state index in [1.165, 1.54) is 12.1 Å². The maximum Gasteiger partial charge on any atom is 0.419 e. The minimum atomic E-state index is -4.41. The standard InChI is InChI=1S/C23H26F3NO2/c1-22(29-19-7-3-2-4-8-19)15-17-11-12-18(16-22)27(17)13-14-28-21-10-6-5-9-20(21)23(24,25)26/h2-10,17-18H,11-16H2,1H3/t17-,18+,22-. The molecule has 0 saturated carbocycles. The number of benzene rings is 2. The Morgan fingerprint density at radius 1 is 0.966 bits per heavy atom. The Bertz CT molecular complexity index is 810. The maximum atomic E-state index is 13.1. The molecule has 0 N–H and O–H groups in total. The van der Waals surface area contributed by atoms with Gasteiger partial charge in [-0.25, -0.2) is 0 Å². The van der Waals surface area contributed by atoms with Crippen molar-refractivity contribution >= 4 is 0 Å². The van der Waals surface area contributed by atoms with E-state index in [0.29, 0.717) is 18.6 Å². The first kappa shape index (κ1) is 20.1. The number of hydrogen-bond acceptors (Lipinski definition) is 3. The second kappa shape index (κ2) is 7.90. The minimum absolute atomic E-state index is 0.0957. The van der Waals surface area contributed by atoms with E-state index < -0.39 is 11.7 Å².